The molecule has 3 aromatic heterocycles. The number of rotatable bonds is 13. The van der Waals surface area contributed by atoms with E-state index >= 15 is 0 Å². The van der Waals surface area contributed by atoms with Crippen molar-refractivity contribution in [3.8, 4) is 0 Å². The van der Waals surface area contributed by atoms with E-state index in [1.54, 1.807) is 12.4 Å². The van der Waals surface area contributed by atoms with Gasteiger partial charge >= 0.3 is 5.97 Å². The molecule has 0 aliphatic rings. The van der Waals surface area contributed by atoms with Gasteiger partial charge < -0.3 is 41.7 Å². The largest absolute Gasteiger partial charge is 0.480 e. The van der Waals surface area contributed by atoms with Crippen molar-refractivity contribution < 1.29 is 24.3 Å². The van der Waals surface area contributed by atoms with Crippen LogP contribution in [0.4, 0.5) is 0 Å². The molecule has 0 aliphatic heterocycles. The number of hydrogen-bond acceptors (Lipinski definition) is 7. The number of imidazole rings is 2. The number of carbonyl (C=O) groups is 4. The summed E-state index contributed by atoms with van der Waals surface area (Å²) in [5.41, 5.74) is 8.89. The molecule has 0 aliphatic carbocycles. The Morgan fingerprint density at radius 1 is 0.872 bits per heavy atom. The predicted octanol–water partition coefficient (Wildman–Crippen LogP) is -0.860. The molecule has 0 fully saturated rings. The SMILES string of the molecule is NC(Cc1cnc[nH]1)C(=O)NC(Cc1c[nH]c2ccccc12)C(=O)NCC(=O)NC(Cc1cnc[nH]1)C(=O)O. The van der Waals surface area contributed by atoms with Gasteiger partial charge in [-0.2, -0.15) is 0 Å². The van der Waals surface area contributed by atoms with E-state index in [-0.39, 0.29) is 19.3 Å². The molecule has 0 bridgehead atoms. The molecule has 0 radical (unpaired) electrons. The van der Waals surface area contributed by atoms with E-state index in [0.29, 0.717) is 11.4 Å². The quantitative estimate of drug-likeness (QED) is 0.107. The second kappa shape index (κ2) is 12.5. The summed E-state index contributed by atoms with van der Waals surface area (Å²) in [6.07, 6.45) is 7.93. The van der Waals surface area contributed by atoms with Crippen LogP contribution in [-0.2, 0) is 38.4 Å². The first kappa shape index (κ1) is 27.1. The van der Waals surface area contributed by atoms with Crippen molar-refractivity contribution in [3.63, 3.8) is 0 Å². The molecule has 3 atom stereocenters. The number of nitrogens with two attached hydrogens (primary N) is 1. The Bertz CT molecular complexity index is 1410. The minimum atomic E-state index is -1.24. The Labute approximate surface area is 222 Å². The van der Waals surface area contributed by atoms with Crippen LogP contribution in [0.3, 0.4) is 0 Å². The summed E-state index contributed by atoms with van der Waals surface area (Å²) in [4.78, 5) is 66.6. The van der Waals surface area contributed by atoms with Gasteiger partial charge in [0, 0.05) is 60.1 Å². The highest BCUT2D eigenvalue weighted by Crippen LogP contribution is 2.19. The molecular formula is C25H29N9O5. The number of hydrogen-bond donors (Lipinski definition) is 8. The lowest BCUT2D eigenvalue weighted by Crippen LogP contribution is -2.54. The molecule has 14 nitrogen and oxygen atoms in total. The van der Waals surface area contributed by atoms with E-state index < -0.39 is 48.4 Å². The number of nitrogens with one attached hydrogen (secondary N) is 6. The second-order valence-corrected chi connectivity index (χ2v) is 8.97. The third kappa shape index (κ3) is 7.29. The number of nitrogens with zero attached hydrogens (tertiary/aromatic N) is 2. The molecule has 39 heavy (non-hydrogen) atoms. The first-order chi connectivity index (χ1) is 18.8. The number of H-pyrrole nitrogens is 3. The smallest absolute Gasteiger partial charge is 0.326 e. The number of carbonyl (C=O) groups excluding carboxylic acids is 3. The zero-order valence-electron chi connectivity index (χ0n) is 20.8. The maximum absolute atomic E-state index is 13.2. The third-order valence-electron chi connectivity index (χ3n) is 6.10. The monoisotopic (exact) mass is 535 g/mol. The van der Waals surface area contributed by atoms with Gasteiger partial charge in [-0.25, -0.2) is 14.8 Å². The van der Waals surface area contributed by atoms with Crippen LogP contribution < -0.4 is 21.7 Å². The fraction of sp³-hybridized carbons (Fsp3) is 0.280. The predicted molar refractivity (Wildman–Crippen MR) is 139 cm³/mol. The highest BCUT2D eigenvalue weighted by atomic mass is 16.4. The van der Waals surface area contributed by atoms with E-state index in [1.807, 2.05) is 24.3 Å². The van der Waals surface area contributed by atoms with E-state index in [0.717, 1.165) is 16.5 Å². The van der Waals surface area contributed by atoms with Crippen molar-refractivity contribution in [2.75, 3.05) is 6.54 Å². The van der Waals surface area contributed by atoms with Gasteiger partial charge in [-0.15, -0.1) is 0 Å². The Morgan fingerprint density at radius 3 is 2.23 bits per heavy atom. The number of fused-ring (bicyclic) bond motifs is 1. The van der Waals surface area contributed by atoms with E-state index in [1.165, 1.54) is 18.9 Å². The molecule has 14 heteroatoms. The van der Waals surface area contributed by atoms with E-state index in [2.05, 4.69) is 40.9 Å². The fourth-order valence-corrected chi connectivity index (χ4v) is 4.09. The van der Waals surface area contributed by atoms with Crippen LogP contribution in [0, 0.1) is 0 Å². The molecule has 3 heterocycles. The Morgan fingerprint density at radius 2 is 1.56 bits per heavy atom. The van der Waals surface area contributed by atoms with Crippen molar-refractivity contribution >= 4 is 34.6 Å². The first-order valence-corrected chi connectivity index (χ1v) is 12.2. The number of carboxylic acid groups (broad SMARTS) is 1. The molecule has 3 unspecified atom stereocenters. The van der Waals surface area contributed by atoms with Crippen molar-refractivity contribution in [2.45, 2.75) is 37.4 Å². The van der Waals surface area contributed by atoms with Gasteiger partial charge in [0.15, 0.2) is 0 Å². The lowest BCUT2D eigenvalue weighted by Gasteiger charge is -2.21. The highest BCUT2D eigenvalue weighted by molar-refractivity contribution is 5.93. The zero-order chi connectivity index (χ0) is 27.8. The summed E-state index contributed by atoms with van der Waals surface area (Å²) >= 11 is 0. The zero-order valence-corrected chi connectivity index (χ0v) is 20.8. The standard InChI is InChI=1S/C25H29N9O5/c26-18(6-15-9-27-12-31-15)23(36)34-20(5-14-8-29-19-4-2-1-3-17(14)19)24(37)30-11-22(35)33-21(25(38)39)7-16-10-28-13-32-16/h1-4,8-10,12-13,18,20-21,29H,5-7,11,26H2,(H,27,31)(H,28,32)(H,30,37)(H,33,35)(H,34,36)(H,38,39). The van der Waals surface area contributed by atoms with Crippen molar-refractivity contribution in [1.29, 1.82) is 0 Å². The maximum Gasteiger partial charge on any atom is 0.326 e. The van der Waals surface area contributed by atoms with E-state index in [9.17, 15) is 24.3 Å². The minimum Gasteiger partial charge on any atom is -0.480 e. The number of aromatic amines is 3. The molecule has 1 aromatic carbocycles. The average molecular weight is 536 g/mol. The van der Waals surface area contributed by atoms with Crippen LogP contribution in [0.25, 0.3) is 10.9 Å². The number of para-hydroxylation sites is 1. The van der Waals surface area contributed by atoms with Crippen LogP contribution in [-0.4, -0.2) is 78.4 Å². The number of aliphatic carboxylic acids is 1. The molecular weight excluding hydrogens is 506 g/mol. The van der Waals surface area contributed by atoms with Crippen LogP contribution >= 0.6 is 0 Å². The number of benzene rings is 1. The first-order valence-electron chi connectivity index (χ1n) is 12.2. The molecule has 0 saturated heterocycles. The summed E-state index contributed by atoms with van der Waals surface area (Å²) in [6.45, 7) is -0.494. The van der Waals surface area contributed by atoms with Gasteiger partial charge in [-0.3, -0.25) is 14.4 Å². The molecule has 0 saturated carbocycles. The minimum absolute atomic E-state index is 0.0114. The Hall–Kier alpha value is -4.98. The summed E-state index contributed by atoms with van der Waals surface area (Å²) in [5.74, 6) is -3.12. The Kier molecular flexibility index (Phi) is 8.68. The van der Waals surface area contributed by atoms with E-state index in [4.69, 9.17) is 5.73 Å². The van der Waals surface area contributed by atoms with Crippen LogP contribution in [0.5, 0.6) is 0 Å². The second-order valence-electron chi connectivity index (χ2n) is 8.97. The van der Waals surface area contributed by atoms with Crippen LogP contribution in [0.1, 0.15) is 17.0 Å². The van der Waals surface area contributed by atoms with Gasteiger partial charge in [-0.05, 0) is 11.6 Å². The topological polar surface area (TPSA) is 224 Å². The molecule has 204 valence electrons. The molecule has 4 aromatic rings. The summed E-state index contributed by atoms with van der Waals surface area (Å²) < 4.78 is 0. The van der Waals surface area contributed by atoms with Gasteiger partial charge in [-0.1, -0.05) is 18.2 Å². The summed E-state index contributed by atoms with van der Waals surface area (Å²) in [6, 6.07) is 4.28. The summed E-state index contributed by atoms with van der Waals surface area (Å²) in [5, 5.41) is 17.9. The normalized spacial score (nSPS) is 13.4. The summed E-state index contributed by atoms with van der Waals surface area (Å²) in [7, 11) is 0. The average Bonchev–Trinajstić information content (AvgIpc) is 3.69. The van der Waals surface area contributed by atoms with Crippen molar-refractivity contribution in [2.24, 2.45) is 5.73 Å². The van der Waals surface area contributed by atoms with Gasteiger partial charge in [0.1, 0.15) is 12.1 Å². The fourth-order valence-electron chi connectivity index (χ4n) is 4.09. The molecule has 3 amide bonds. The molecule has 4 rings (SSSR count). The van der Waals surface area contributed by atoms with Crippen LogP contribution in [0.15, 0.2) is 55.5 Å². The lowest BCUT2D eigenvalue weighted by molar-refractivity contribution is -0.141. The number of carboxylic acids is 1. The van der Waals surface area contributed by atoms with Crippen molar-refractivity contribution in [3.05, 3.63) is 72.5 Å². The van der Waals surface area contributed by atoms with Gasteiger partial charge in [0.25, 0.3) is 0 Å². The van der Waals surface area contributed by atoms with Crippen molar-refractivity contribution in [1.82, 2.24) is 40.9 Å². The lowest BCUT2D eigenvalue weighted by atomic mass is 10.0. The third-order valence-corrected chi connectivity index (χ3v) is 6.10. The number of amides is 3. The highest BCUT2D eigenvalue weighted by Gasteiger charge is 2.27. The maximum atomic E-state index is 13.2. The van der Waals surface area contributed by atoms with Gasteiger partial charge in [0.2, 0.25) is 17.7 Å². The Balaban J connectivity index is 1.41. The van der Waals surface area contributed by atoms with Crippen LogP contribution in [0.2, 0.25) is 0 Å². The van der Waals surface area contributed by atoms with Gasteiger partial charge in [0.05, 0.1) is 25.2 Å². The number of aromatic nitrogens is 5. The molecule has 0 spiro atoms. The molecule has 9 N–H and O–H groups in total.